The second-order valence-corrected chi connectivity index (χ2v) is 9.52. The topological polar surface area (TPSA) is 98.8 Å². The van der Waals surface area contributed by atoms with Crippen LogP contribution in [0.5, 0.6) is 17.2 Å². The smallest absolute Gasteiger partial charge is 0.418 e. The molecule has 2 N–H and O–H groups in total. The molecular formula is C33H26F3N3O5. The van der Waals surface area contributed by atoms with Gasteiger partial charge < -0.3 is 24.8 Å². The number of hydrogen-bond donors (Lipinski definition) is 2. The molecule has 0 bridgehead atoms. The largest absolute Gasteiger partial charge is 0.493 e. The molecule has 5 aromatic rings. The molecule has 0 saturated carbocycles. The number of para-hydroxylation sites is 1. The van der Waals surface area contributed by atoms with E-state index in [1.807, 2.05) is 0 Å². The third kappa shape index (κ3) is 5.98. The molecule has 11 heteroatoms. The molecule has 0 spiro atoms. The van der Waals surface area contributed by atoms with Gasteiger partial charge in [0.25, 0.3) is 0 Å². The van der Waals surface area contributed by atoms with E-state index in [4.69, 9.17) is 14.2 Å². The first-order valence-electron chi connectivity index (χ1n) is 13.2. The van der Waals surface area contributed by atoms with Crippen LogP contribution in [-0.2, 0) is 6.18 Å². The Balaban J connectivity index is 1.55. The second kappa shape index (κ2) is 12.3. The van der Waals surface area contributed by atoms with Gasteiger partial charge in [0.05, 0.1) is 38.1 Å². The summed E-state index contributed by atoms with van der Waals surface area (Å²) in [5, 5.41) is 5.56. The van der Waals surface area contributed by atoms with Crippen LogP contribution in [-0.4, -0.2) is 38.1 Å². The van der Waals surface area contributed by atoms with E-state index < -0.39 is 23.6 Å². The number of rotatable bonds is 8. The zero-order chi connectivity index (χ0) is 31.4. The lowest BCUT2D eigenvalue weighted by Crippen LogP contribution is -2.19. The van der Waals surface area contributed by atoms with E-state index in [0.717, 1.165) is 6.07 Å². The Morgan fingerprint density at radius 1 is 0.750 bits per heavy atom. The number of aromatic nitrogens is 1. The predicted octanol–water partition coefficient (Wildman–Crippen LogP) is 7.82. The molecule has 5 rings (SSSR count). The Morgan fingerprint density at radius 2 is 1.41 bits per heavy atom. The number of ketones is 1. The van der Waals surface area contributed by atoms with Gasteiger partial charge in [-0.1, -0.05) is 54.6 Å². The van der Waals surface area contributed by atoms with Crippen LogP contribution < -0.4 is 24.8 Å². The first-order valence-corrected chi connectivity index (χ1v) is 13.2. The molecule has 0 aliphatic rings. The van der Waals surface area contributed by atoms with Gasteiger partial charge in [-0.25, -0.2) is 4.79 Å². The van der Waals surface area contributed by atoms with Crippen molar-refractivity contribution in [3.8, 4) is 28.4 Å². The van der Waals surface area contributed by atoms with Crippen LogP contribution in [0.2, 0.25) is 0 Å². The van der Waals surface area contributed by atoms with E-state index in [0.29, 0.717) is 39.8 Å². The first-order chi connectivity index (χ1) is 21.1. The lowest BCUT2D eigenvalue weighted by atomic mass is 9.91. The summed E-state index contributed by atoms with van der Waals surface area (Å²) in [5.74, 6) is 0.615. The highest BCUT2D eigenvalue weighted by Crippen LogP contribution is 2.41. The molecule has 0 unspecified atom stereocenters. The molecule has 2 amide bonds. The summed E-state index contributed by atoms with van der Waals surface area (Å²) >= 11 is 0. The Labute approximate surface area is 250 Å². The van der Waals surface area contributed by atoms with E-state index in [9.17, 15) is 22.8 Å². The van der Waals surface area contributed by atoms with E-state index in [1.54, 1.807) is 66.7 Å². The average molecular weight is 602 g/mol. The van der Waals surface area contributed by atoms with Crippen molar-refractivity contribution in [1.29, 1.82) is 0 Å². The molecule has 0 saturated heterocycles. The van der Waals surface area contributed by atoms with Crippen LogP contribution in [0.3, 0.4) is 0 Å². The van der Waals surface area contributed by atoms with Crippen molar-refractivity contribution in [3.63, 3.8) is 0 Å². The van der Waals surface area contributed by atoms with E-state index in [1.165, 1.54) is 39.7 Å². The molecule has 0 aliphatic carbocycles. The molecule has 1 heterocycles. The zero-order valence-electron chi connectivity index (χ0n) is 23.8. The number of methoxy groups -OCH3 is 3. The Morgan fingerprint density at radius 3 is 2.05 bits per heavy atom. The fourth-order valence-corrected chi connectivity index (χ4v) is 4.88. The molecule has 0 fully saturated rings. The van der Waals surface area contributed by atoms with Crippen molar-refractivity contribution < 1.29 is 37.0 Å². The standard InChI is InChI=1S/C33H26F3N3O5/c1-42-26-16-22(17-27(43-2)31(26)44-3)39-32(41)38-21-12-7-11-20(15-21)28-23-13-8-14-25(33(34,35)36)29(23)37-18-24(28)30(40)19-9-5-4-6-10-19/h4-18H,1-3H3,(H2,38,39,41). The van der Waals surface area contributed by atoms with Gasteiger partial charge in [-0.15, -0.1) is 0 Å². The fraction of sp³-hybridized carbons (Fsp3) is 0.121. The van der Waals surface area contributed by atoms with Gasteiger partial charge in [0.2, 0.25) is 5.75 Å². The zero-order valence-corrected chi connectivity index (χ0v) is 23.8. The average Bonchev–Trinajstić information content (AvgIpc) is 3.03. The molecule has 224 valence electrons. The number of fused-ring (bicyclic) bond motifs is 1. The van der Waals surface area contributed by atoms with Crippen LogP contribution in [0.1, 0.15) is 21.5 Å². The highest BCUT2D eigenvalue weighted by Gasteiger charge is 2.34. The third-order valence-corrected chi connectivity index (χ3v) is 6.82. The molecule has 0 radical (unpaired) electrons. The van der Waals surface area contributed by atoms with Gasteiger partial charge in [-0.3, -0.25) is 9.78 Å². The lowest BCUT2D eigenvalue weighted by molar-refractivity contribution is -0.136. The maximum Gasteiger partial charge on any atom is 0.418 e. The number of pyridine rings is 1. The maximum atomic E-state index is 13.9. The monoisotopic (exact) mass is 601 g/mol. The van der Waals surface area contributed by atoms with Crippen LogP contribution in [0.25, 0.3) is 22.0 Å². The van der Waals surface area contributed by atoms with E-state index in [2.05, 4.69) is 15.6 Å². The highest BCUT2D eigenvalue weighted by atomic mass is 19.4. The van der Waals surface area contributed by atoms with Crippen molar-refractivity contribution >= 4 is 34.1 Å². The number of anilines is 2. The van der Waals surface area contributed by atoms with E-state index >= 15 is 0 Å². The molecule has 0 aliphatic heterocycles. The minimum Gasteiger partial charge on any atom is -0.493 e. The number of nitrogens with one attached hydrogen (secondary N) is 2. The van der Waals surface area contributed by atoms with Gasteiger partial charge in [-0.2, -0.15) is 13.2 Å². The quantitative estimate of drug-likeness (QED) is 0.176. The van der Waals surface area contributed by atoms with Crippen molar-refractivity contribution in [2.75, 3.05) is 32.0 Å². The third-order valence-electron chi connectivity index (χ3n) is 6.82. The number of halogens is 3. The number of amides is 2. The van der Waals surface area contributed by atoms with Crippen LogP contribution in [0.4, 0.5) is 29.3 Å². The number of hydrogen-bond acceptors (Lipinski definition) is 6. The van der Waals surface area contributed by atoms with Gasteiger partial charge >= 0.3 is 12.2 Å². The maximum absolute atomic E-state index is 13.9. The summed E-state index contributed by atoms with van der Waals surface area (Å²) in [6, 6.07) is 21.1. The van der Waals surface area contributed by atoms with E-state index in [-0.39, 0.29) is 22.0 Å². The van der Waals surface area contributed by atoms with Crippen molar-refractivity contribution in [1.82, 2.24) is 4.98 Å². The number of carbonyl (C=O) groups is 2. The van der Waals surface area contributed by atoms with Crippen molar-refractivity contribution in [2.45, 2.75) is 6.18 Å². The van der Waals surface area contributed by atoms with Crippen LogP contribution in [0, 0.1) is 0 Å². The van der Waals surface area contributed by atoms with Gasteiger partial charge in [0.1, 0.15) is 0 Å². The number of carbonyl (C=O) groups excluding carboxylic acids is 2. The number of urea groups is 1. The summed E-state index contributed by atoms with van der Waals surface area (Å²) in [5.41, 5.74) is 0.575. The molecule has 1 aromatic heterocycles. The predicted molar refractivity (Wildman–Crippen MR) is 161 cm³/mol. The summed E-state index contributed by atoms with van der Waals surface area (Å²) in [4.78, 5) is 30.7. The minimum atomic E-state index is -4.66. The Bertz CT molecular complexity index is 1830. The normalized spacial score (nSPS) is 11.1. The molecule has 8 nitrogen and oxygen atoms in total. The fourth-order valence-electron chi connectivity index (χ4n) is 4.88. The first kappa shape index (κ1) is 29.9. The minimum absolute atomic E-state index is 0.113. The Hall–Kier alpha value is -5.58. The van der Waals surface area contributed by atoms with Gasteiger partial charge in [-0.05, 0) is 23.8 Å². The summed E-state index contributed by atoms with van der Waals surface area (Å²) < 4.78 is 57.7. The van der Waals surface area contributed by atoms with Crippen LogP contribution >= 0.6 is 0 Å². The molecule has 44 heavy (non-hydrogen) atoms. The SMILES string of the molecule is COc1cc(NC(=O)Nc2cccc(-c3c(C(=O)c4ccccc4)cnc4c(C(F)(F)F)cccc34)c2)cc(OC)c1OC. The lowest BCUT2D eigenvalue weighted by Gasteiger charge is -2.17. The number of nitrogens with zero attached hydrogens (tertiary/aromatic N) is 1. The second-order valence-electron chi connectivity index (χ2n) is 9.52. The van der Waals surface area contributed by atoms with Crippen LogP contribution in [0.15, 0.2) is 91.1 Å². The molecular weight excluding hydrogens is 575 g/mol. The summed E-state index contributed by atoms with van der Waals surface area (Å²) in [7, 11) is 4.36. The van der Waals surface area contributed by atoms with Gasteiger partial charge in [0.15, 0.2) is 17.3 Å². The van der Waals surface area contributed by atoms with Gasteiger partial charge in [0, 0.05) is 46.1 Å². The molecule has 0 atom stereocenters. The highest BCUT2D eigenvalue weighted by molar-refractivity contribution is 6.17. The van der Waals surface area contributed by atoms with Crippen molar-refractivity contribution in [2.24, 2.45) is 0 Å². The summed E-state index contributed by atoms with van der Waals surface area (Å²) in [6.45, 7) is 0. The van der Waals surface area contributed by atoms with Crippen molar-refractivity contribution in [3.05, 3.63) is 108 Å². The number of ether oxygens (including phenoxy) is 3. The summed E-state index contributed by atoms with van der Waals surface area (Å²) in [6.07, 6.45) is -3.50. The number of benzene rings is 4. The molecule has 4 aromatic carbocycles. The number of alkyl halides is 3. The Kier molecular flexibility index (Phi) is 8.38.